The van der Waals surface area contributed by atoms with Gasteiger partial charge in [-0.1, -0.05) is 338 Å². The largest absolute Gasteiger partial charge is 0.311 e. The predicted molar refractivity (Wildman–Crippen MR) is 433 cm³/mol. The van der Waals surface area contributed by atoms with Gasteiger partial charge in [0.2, 0.25) is 6.71 Å². The number of hydrogen-bond donors (Lipinski definition) is 0. The summed E-state index contributed by atoms with van der Waals surface area (Å²) in [6.45, 7) is 2.37. The second-order valence-corrected chi connectivity index (χ2v) is 40.2. The number of rotatable bonds is 9. The molecular formula is C91H64BN3S2Si3. The fourth-order valence-corrected chi connectivity index (χ4v) is 36.1. The molecule has 15 aromatic carbocycles. The summed E-state index contributed by atoms with van der Waals surface area (Å²) in [6.07, 6.45) is 0. The zero-order valence-corrected chi connectivity index (χ0v) is 59.6. The topological polar surface area (TPSA) is 9.72 Å². The Morgan fingerprint density at radius 2 is 0.500 bits per heavy atom. The number of anilines is 9. The Balaban J connectivity index is 0.806. The van der Waals surface area contributed by atoms with E-state index in [-0.39, 0.29) is 6.71 Å². The standard InChI is InChI=1S/C91H64BN3S2Si3/c1-63-80(95-78-48-24-30-54-88(78)100(70-40-16-6-17-41-70,71-42-18-7-19-43-71)89-55-31-25-49-79(89)95)62-83-90-91(63)97-82-61-65(94-76-46-22-28-52-86(76)99(68-36-12-4-13-37-68,69-38-14-5-15-39-69)87-53-29-23-47-77(87)94)57-59-73(82)92(90)72-58-56-64(60-81(72)96-83)93-74-44-20-26-50-84(74)98(66-32-8-2-9-33-66,67-34-10-3-11-35-67)85-51-27-21-45-75(85)93/h2-62H,1H3. The van der Waals surface area contributed by atoms with E-state index in [1.807, 2.05) is 23.5 Å². The van der Waals surface area contributed by atoms with E-state index in [1.54, 1.807) is 0 Å². The molecule has 5 heterocycles. The Hall–Kier alpha value is -10.9. The summed E-state index contributed by atoms with van der Waals surface area (Å²) in [5.41, 5.74) is 16.3. The van der Waals surface area contributed by atoms with Gasteiger partial charge in [0, 0.05) is 65.1 Å². The van der Waals surface area contributed by atoms with Gasteiger partial charge in [-0.25, -0.2) is 0 Å². The fourth-order valence-electron chi connectivity index (χ4n) is 18.2. The highest BCUT2D eigenvalue weighted by Gasteiger charge is 2.53. The summed E-state index contributed by atoms with van der Waals surface area (Å²) in [5, 5.41) is 16.6. The molecule has 9 heteroatoms. The zero-order valence-electron chi connectivity index (χ0n) is 55.0. The highest BCUT2D eigenvalue weighted by molar-refractivity contribution is 8.01. The molecule has 0 fully saturated rings. The first-order chi connectivity index (χ1) is 49.6. The average molecular weight is 1360 g/mol. The van der Waals surface area contributed by atoms with Crippen molar-refractivity contribution in [3.8, 4) is 0 Å². The molecule has 15 aromatic rings. The highest BCUT2D eigenvalue weighted by Crippen LogP contribution is 2.50. The van der Waals surface area contributed by atoms with E-state index < -0.39 is 24.2 Å². The summed E-state index contributed by atoms with van der Waals surface area (Å²) in [4.78, 5) is 13.0. The van der Waals surface area contributed by atoms with Crippen molar-refractivity contribution >= 4 is 184 Å². The molecule has 0 aliphatic carbocycles. The maximum atomic E-state index is 2.65. The fraction of sp³-hybridized carbons (Fsp3) is 0.0110. The minimum atomic E-state index is -2.91. The van der Waals surface area contributed by atoms with Crippen LogP contribution in [-0.2, 0) is 0 Å². The van der Waals surface area contributed by atoms with Gasteiger partial charge in [0.1, 0.15) is 0 Å². The number of fused-ring (bicyclic) bond motifs is 10. The van der Waals surface area contributed by atoms with Gasteiger partial charge in [-0.3, -0.25) is 0 Å². The Bertz CT molecular complexity index is 5470. The molecule has 0 N–H and O–H groups in total. The molecule has 0 bridgehead atoms. The van der Waals surface area contributed by atoms with Crippen molar-refractivity contribution < 1.29 is 0 Å². The second kappa shape index (κ2) is 23.4. The lowest BCUT2D eigenvalue weighted by molar-refractivity contribution is 1.18. The normalized spacial score (nSPS) is 14.9. The van der Waals surface area contributed by atoms with E-state index in [2.05, 4.69) is 392 Å². The first kappa shape index (κ1) is 59.2. The van der Waals surface area contributed by atoms with Crippen molar-refractivity contribution in [2.75, 3.05) is 14.7 Å². The van der Waals surface area contributed by atoms with Crippen LogP contribution in [0.5, 0.6) is 0 Å². The minimum Gasteiger partial charge on any atom is -0.311 e. The first-order valence-electron chi connectivity index (χ1n) is 34.7. The number of hydrogen-bond acceptors (Lipinski definition) is 5. The van der Waals surface area contributed by atoms with E-state index in [0.29, 0.717) is 0 Å². The molecule has 5 aliphatic rings. The number of para-hydroxylation sites is 6. The van der Waals surface area contributed by atoms with E-state index in [4.69, 9.17) is 0 Å². The molecule has 3 nitrogen and oxygen atoms in total. The predicted octanol–water partition coefficient (Wildman–Crippen LogP) is 12.9. The number of benzene rings is 15. The average Bonchev–Trinajstić information content (AvgIpc) is 0.700. The van der Waals surface area contributed by atoms with Crippen molar-refractivity contribution in [2.24, 2.45) is 0 Å². The maximum Gasteiger partial charge on any atom is 0.247 e. The molecule has 0 unspecified atom stereocenters. The molecule has 0 atom stereocenters. The summed E-state index contributed by atoms with van der Waals surface area (Å²) >= 11 is 3.93. The van der Waals surface area contributed by atoms with Crippen LogP contribution >= 0.6 is 23.5 Å². The van der Waals surface area contributed by atoms with E-state index >= 15 is 0 Å². The van der Waals surface area contributed by atoms with E-state index in [0.717, 1.165) is 11.4 Å². The molecule has 0 spiro atoms. The SMILES string of the molecule is Cc1c(N2c3ccccc3[Si](c3ccccc3)(c3ccccc3)c3ccccc32)cc2c3c1Sc1cc(N4c5ccccc5[Si](c5ccccc5)(c5ccccc5)c5ccccc54)ccc1B3c1ccc(N3c4ccccc4[Si](c4ccccc4)(c4ccccc4)c4ccccc43)cc1S2. The van der Waals surface area contributed by atoms with Gasteiger partial charge in [-0.15, -0.1) is 0 Å². The van der Waals surface area contributed by atoms with Gasteiger partial charge < -0.3 is 14.7 Å². The molecule has 0 amide bonds. The molecule has 0 saturated carbocycles. The Labute approximate surface area is 596 Å². The third-order valence-corrected chi connectivity index (χ3v) is 39.1. The second-order valence-electron chi connectivity index (χ2n) is 26.9. The van der Waals surface area contributed by atoms with Crippen molar-refractivity contribution in [1.82, 2.24) is 0 Å². The van der Waals surface area contributed by atoms with Crippen LogP contribution in [0.2, 0.25) is 0 Å². The summed E-state index contributed by atoms with van der Waals surface area (Å²) in [6, 6.07) is 142. The van der Waals surface area contributed by atoms with Crippen LogP contribution in [0.1, 0.15) is 5.56 Å². The smallest absolute Gasteiger partial charge is 0.247 e. The van der Waals surface area contributed by atoms with Crippen LogP contribution in [0.15, 0.2) is 390 Å². The first-order valence-corrected chi connectivity index (χ1v) is 42.3. The Morgan fingerprint density at radius 3 is 0.800 bits per heavy atom. The van der Waals surface area contributed by atoms with Gasteiger partial charge in [-0.2, -0.15) is 0 Å². The van der Waals surface area contributed by atoms with Gasteiger partial charge in [0.25, 0.3) is 0 Å². The third kappa shape index (κ3) is 8.41. The van der Waals surface area contributed by atoms with Gasteiger partial charge in [0.05, 0.1) is 5.69 Å². The van der Waals surface area contributed by atoms with Crippen LogP contribution in [0.25, 0.3) is 0 Å². The lowest BCUT2D eigenvalue weighted by Gasteiger charge is -2.46. The summed E-state index contributed by atoms with van der Waals surface area (Å²) in [5.74, 6) is 0. The van der Waals surface area contributed by atoms with Gasteiger partial charge in [0.15, 0.2) is 24.2 Å². The zero-order chi connectivity index (χ0) is 66.1. The van der Waals surface area contributed by atoms with Crippen LogP contribution in [0, 0.1) is 6.92 Å². The molecule has 470 valence electrons. The molecule has 100 heavy (non-hydrogen) atoms. The molecule has 0 saturated heterocycles. The van der Waals surface area contributed by atoms with Crippen molar-refractivity contribution in [3.63, 3.8) is 0 Å². The van der Waals surface area contributed by atoms with Gasteiger partial charge >= 0.3 is 0 Å². The molecule has 0 radical (unpaired) electrons. The van der Waals surface area contributed by atoms with E-state index in [1.165, 1.54) is 144 Å². The van der Waals surface area contributed by atoms with Crippen molar-refractivity contribution in [2.45, 2.75) is 26.5 Å². The minimum absolute atomic E-state index is 0.0419. The van der Waals surface area contributed by atoms with Crippen LogP contribution in [-0.4, -0.2) is 30.9 Å². The summed E-state index contributed by atoms with van der Waals surface area (Å²) < 4.78 is 0. The molecule has 5 aliphatic heterocycles. The molecule has 20 rings (SSSR count). The van der Waals surface area contributed by atoms with Crippen LogP contribution < -0.4 is 93.3 Å². The Kier molecular flexibility index (Phi) is 13.8. The van der Waals surface area contributed by atoms with Crippen molar-refractivity contribution in [1.29, 1.82) is 0 Å². The Morgan fingerprint density at radius 1 is 0.240 bits per heavy atom. The highest BCUT2D eigenvalue weighted by atomic mass is 32.2. The lowest BCUT2D eigenvalue weighted by Crippen LogP contribution is -2.77. The summed E-state index contributed by atoms with van der Waals surface area (Å²) in [7, 11) is -8.63. The van der Waals surface area contributed by atoms with E-state index in [9.17, 15) is 0 Å². The quantitative estimate of drug-likeness (QED) is 0.133. The van der Waals surface area contributed by atoms with Crippen molar-refractivity contribution in [3.05, 3.63) is 376 Å². The maximum absolute atomic E-state index is 2.91. The molecular weight excluding hydrogens is 1290 g/mol. The van der Waals surface area contributed by atoms with Crippen LogP contribution in [0.3, 0.4) is 0 Å². The van der Waals surface area contributed by atoms with Crippen LogP contribution in [0.4, 0.5) is 51.2 Å². The number of nitrogens with zero attached hydrogens (tertiary/aromatic N) is 3. The third-order valence-electron chi connectivity index (χ3n) is 22.1. The monoisotopic (exact) mass is 1360 g/mol. The lowest BCUT2D eigenvalue weighted by atomic mass is 9.36. The molecule has 0 aromatic heterocycles. The van der Waals surface area contributed by atoms with Gasteiger partial charge in [-0.05, 0) is 147 Å².